The van der Waals surface area contributed by atoms with E-state index in [1.54, 1.807) is 23.1 Å². The Morgan fingerprint density at radius 3 is 3.27 bits per heavy atom. The monoisotopic (exact) mass is 240 g/mol. The largest absolute Gasteiger partial charge is 0.311 e. The number of nitrogens with two attached hydrogens (primary N) is 1. The lowest BCUT2D eigenvalue weighted by Crippen LogP contribution is -2.30. The van der Waals surface area contributed by atoms with Crippen LogP contribution in [0.2, 0.25) is 0 Å². The zero-order chi connectivity index (χ0) is 10.3. The maximum atomic E-state index is 5.92. The Bertz CT molecular complexity index is 375. The first-order chi connectivity index (χ1) is 7.34. The number of aromatic nitrogens is 1. The van der Waals surface area contributed by atoms with Gasteiger partial charge in [0.05, 0.1) is 10.8 Å². The molecule has 1 fully saturated rings. The van der Waals surface area contributed by atoms with Crippen molar-refractivity contribution in [3.8, 4) is 0 Å². The summed E-state index contributed by atoms with van der Waals surface area (Å²) in [5, 5.41) is 3.80. The summed E-state index contributed by atoms with van der Waals surface area (Å²) in [6, 6.07) is 0. The fourth-order valence-electron chi connectivity index (χ4n) is 2.10. The van der Waals surface area contributed by atoms with Gasteiger partial charge in [-0.1, -0.05) is 0 Å². The van der Waals surface area contributed by atoms with E-state index in [0.29, 0.717) is 11.2 Å². The first kappa shape index (κ1) is 9.77. The third-order valence-corrected chi connectivity index (χ3v) is 5.04. The lowest BCUT2D eigenvalue weighted by atomic mass is 10.0. The summed E-state index contributed by atoms with van der Waals surface area (Å²) in [7, 11) is 0. The molecule has 80 valence electrons. The lowest BCUT2D eigenvalue weighted by molar-refractivity contribution is 0.660. The number of rotatable bonds is 1. The number of thioether (sulfide) groups is 1. The van der Waals surface area contributed by atoms with Crippen molar-refractivity contribution >= 4 is 28.8 Å². The zero-order valence-corrected chi connectivity index (χ0v) is 9.72. The Morgan fingerprint density at radius 2 is 2.47 bits per heavy atom. The van der Waals surface area contributed by atoms with Crippen molar-refractivity contribution in [1.29, 1.82) is 0 Å². The molecule has 1 saturated heterocycles. The molecule has 0 saturated carbocycles. The van der Waals surface area contributed by atoms with Gasteiger partial charge in [-0.2, -0.15) is 0 Å². The van der Waals surface area contributed by atoms with E-state index in [-0.39, 0.29) is 5.50 Å². The summed E-state index contributed by atoms with van der Waals surface area (Å²) < 4.78 is 0. The molecule has 2 aliphatic rings. The Balaban J connectivity index is 1.93. The molecule has 3 N–H and O–H groups in total. The Labute approximate surface area is 96.4 Å². The molecule has 3 heterocycles. The highest BCUT2D eigenvalue weighted by molar-refractivity contribution is 8.00. The van der Waals surface area contributed by atoms with Crippen LogP contribution in [0.4, 0.5) is 0 Å². The summed E-state index contributed by atoms with van der Waals surface area (Å²) in [5.41, 5.74) is 8.93. The molecule has 0 spiro atoms. The minimum absolute atomic E-state index is 0.108. The molecule has 1 aromatic rings. The van der Waals surface area contributed by atoms with Crippen molar-refractivity contribution in [2.45, 2.75) is 10.7 Å². The Hall–Kier alpha value is -0.430. The van der Waals surface area contributed by atoms with Crippen LogP contribution in [0.3, 0.4) is 0 Å². The van der Waals surface area contributed by atoms with Crippen LogP contribution in [0.5, 0.6) is 0 Å². The minimum atomic E-state index is -0.108. The van der Waals surface area contributed by atoms with E-state index in [1.807, 2.05) is 11.7 Å². The van der Waals surface area contributed by atoms with Gasteiger partial charge in [0.25, 0.3) is 0 Å². The normalized spacial score (nSPS) is 35.0. The molecule has 0 aliphatic carbocycles. The minimum Gasteiger partial charge on any atom is -0.311 e. The molecule has 0 radical (unpaired) electrons. The first-order valence-electron chi connectivity index (χ1n) is 4.91. The maximum Gasteiger partial charge on any atom is 0.145 e. The summed E-state index contributed by atoms with van der Waals surface area (Å²) in [4.78, 5) is 9.94. The number of aliphatic imine (C=N–C) groups is 1. The molecule has 3 rings (SSSR count). The van der Waals surface area contributed by atoms with Gasteiger partial charge in [0.15, 0.2) is 0 Å². The summed E-state index contributed by atoms with van der Waals surface area (Å²) >= 11 is 3.45. The van der Waals surface area contributed by atoms with Crippen molar-refractivity contribution < 1.29 is 0 Å². The summed E-state index contributed by atoms with van der Waals surface area (Å²) in [6.07, 6.45) is 1.95. The molecule has 0 bridgehead atoms. The number of hydrogen-bond donors (Lipinski definition) is 2. The van der Waals surface area contributed by atoms with Gasteiger partial charge in [0.2, 0.25) is 0 Å². The van der Waals surface area contributed by atoms with Crippen LogP contribution in [0, 0.1) is 5.92 Å². The second-order valence-corrected chi connectivity index (χ2v) is 5.89. The standard InChI is InChI=1S/C9H12N4S2/c10-9-13-6-2-11-1-5(6)8(15-9)7-3-12-4-14-7/h3-5,8-9,11H,1-2,10H2. The van der Waals surface area contributed by atoms with E-state index < -0.39 is 0 Å². The lowest BCUT2D eigenvalue weighted by Gasteiger charge is -2.28. The molecule has 0 amide bonds. The second-order valence-electron chi connectivity index (χ2n) is 3.71. The van der Waals surface area contributed by atoms with Crippen LogP contribution >= 0.6 is 23.1 Å². The van der Waals surface area contributed by atoms with Crippen molar-refractivity contribution in [2.24, 2.45) is 16.6 Å². The van der Waals surface area contributed by atoms with E-state index >= 15 is 0 Å². The van der Waals surface area contributed by atoms with Gasteiger partial charge in [0, 0.05) is 35.8 Å². The highest BCUT2D eigenvalue weighted by Crippen LogP contribution is 2.43. The van der Waals surface area contributed by atoms with Crippen molar-refractivity contribution in [1.82, 2.24) is 10.3 Å². The smallest absolute Gasteiger partial charge is 0.145 e. The predicted octanol–water partition coefficient (Wildman–Crippen LogP) is 0.834. The van der Waals surface area contributed by atoms with Gasteiger partial charge in [-0.3, -0.25) is 9.98 Å². The van der Waals surface area contributed by atoms with Crippen LogP contribution in [0.15, 0.2) is 16.7 Å². The van der Waals surface area contributed by atoms with E-state index in [4.69, 9.17) is 5.73 Å². The third-order valence-electron chi connectivity index (χ3n) is 2.77. The molecule has 15 heavy (non-hydrogen) atoms. The average molecular weight is 240 g/mol. The number of nitrogens with one attached hydrogen (secondary N) is 1. The van der Waals surface area contributed by atoms with E-state index in [2.05, 4.69) is 15.3 Å². The molecule has 1 aromatic heterocycles. The Kier molecular flexibility index (Phi) is 2.51. The van der Waals surface area contributed by atoms with Crippen LogP contribution in [-0.4, -0.2) is 29.3 Å². The second kappa shape index (κ2) is 3.86. The molecular formula is C9H12N4S2. The van der Waals surface area contributed by atoms with Crippen molar-refractivity contribution in [3.05, 3.63) is 16.6 Å². The van der Waals surface area contributed by atoms with Crippen LogP contribution < -0.4 is 11.1 Å². The number of nitrogens with zero attached hydrogens (tertiary/aromatic N) is 2. The molecule has 0 aromatic carbocycles. The highest BCUT2D eigenvalue weighted by Gasteiger charge is 2.37. The average Bonchev–Trinajstić information content (AvgIpc) is 2.86. The molecule has 3 unspecified atom stereocenters. The number of thiazole rings is 1. The fraction of sp³-hybridized carbons (Fsp3) is 0.556. The topological polar surface area (TPSA) is 63.3 Å². The van der Waals surface area contributed by atoms with Crippen molar-refractivity contribution in [2.75, 3.05) is 13.1 Å². The van der Waals surface area contributed by atoms with Gasteiger partial charge in [0.1, 0.15) is 5.50 Å². The van der Waals surface area contributed by atoms with Crippen LogP contribution in [0.1, 0.15) is 10.1 Å². The van der Waals surface area contributed by atoms with Gasteiger partial charge in [-0.25, -0.2) is 0 Å². The highest BCUT2D eigenvalue weighted by atomic mass is 32.2. The number of hydrogen-bond acceptors (Lipinski definition) is 6. The van der Waals surface area contributed by atoms with Gasteiger partial charge < -0.3 is 11.1 Å². The summed E-state index contributed by atoms with van der Waals surface area (Å²) in [5.74, 6) is 0.509. The van der Waals surface area contributed by atoms with Gasteiger partial charge in [-0.15, -0.1) is 23.1 Å². The molecular weight excluding hydrogens is 228 g/mol. The first-order valence-corrected chi connectivity index (χ1v) is 6.73. The summed E-state index contributed by atoms with van der Waals surface area (Å²) in [6.45, 7) is 1.91. The van der Waals surface area contributed by atoms with Gasteiger partial charge >= 0.3 is 0 Å². The maximum absolute atomic E-state index is 5.92. The Morgan fingerprint density at radius 1 is 1.53 bits per heavy atom. The molecule has 4 nitrogen and oxygen atoms in total. The van der Waals surface area contributed by atoms with Gasteiger partial charge in [-0.05, 0) is 0 Å². The quantitative estimate of drug-likeness (QED) is 0.763. The molecule has 2 aliphatic heterocycles. The van der Waals surface area contributed by atoms with Crippen LogP contribution in [0.25, 0.3) is 0 Å². The zero-order valence-electron chi connectivity index (χ0n) is 8.09. The van der Waals surface area contributed by atoms with Crippen LogP contribution in [-0.2, 0) is 0 Å². The number of fused-ring (bicyclic) bond motifs is 1. The van der Waals surface area contributed by atoms with E-state index in [9.17, 15) is 0 Å². The molecule has 3 atom stereocenters. The predicted molar refractivity (Wildman–Crippen MR) is 64.2 cm³/mol. The van der Waals surface area contributed by atoms with Crippen molar-refractivity contribution in [3.63, 3.8) is 0 Å². The SMILES string of the molecule is NC1N=C2CNCC2C(c2cncs2)S1. The van der Waals surface area contributed by atoms with E-state index in [0.717, 1.165) is 13.1 Å². The third kappa shape index (κ3) is 1.71. The molecule has 6 heteroatoms. The fourth-order valence-corrected chi connectivity index (χ4v) is 4.23. The van der Waals surface area contributed by atoms with E-state index in [1.165, 1.54) is 10.6 Å².